The van der Waals surface area contributed by atoms with Crippen LogP contribution in [0.1, 0.15) is 24.7 Å². The molecule has 98 valence electrons. The lowest BCUT2D eigenvalue weighted by molar-refractivity contribution is -0.137. The van der Waals surface area contributed by atoms with Crippen molar-refractivity contribution in [2.45, 2.75) is 26.2 Å². The van der Waals surface area contributed by atoms with Crippen molar-refractivity contribution in [3.05, 3.63) is 29.6 Å². The fourth-order valence-electron chi connectivity index (χ4n) is 2.13. The number of aliphatic carboxylic acids is 1. The molecule has 0 saturated carbocycles. The highest BCUT2D eigenvalue weighted by Crippen LogP contribution is 2.27. The van der Waals surface area contributed by atoms with Gasteiger partial charge >= 0.3 is 5.97 Å². The largest absolute Gasteiger partial charge is 0.481 e. The summed E-state index contributed by atoms with van der Waals surface area (Å²) in [4.78, 5) is 11.5. The summed E-state index contributed by atoms with van der Waals surface area (Å²) in [7, 11) is 0. The van der Waals surface area contributed by atoms with Gasteiger partial charge in [-0.1, -0.05) is 24.3 Å². The molecule has 0 aliphatic heterocycles. The zero-order chi connectivity index (χ0) is 13.4. The summed E-state index contributed by atoms with van der Waals surface area (Å²) in [6.07, 6.45) is 1.48. The molecule has 2 heterocycles. The summed E-state index contributed by atoms with van der Waals surface area (Å²) in [6.45, 7) is 2.12. The van der Waals surface area contributed by atoms with Crippen LogP contribution in [0.3, 0.4) is 0 Å². The zero-order valence-corrected chi connectivity index (χ0v) is 11.3. The SMILES string of the molecule is CCc1ccc2c(c1)sc1nnc(CCC(=O)O)n12. The molecule has 3 rings (SSSR count). The third kappa shape index (κ3) is 2.08. The fourth-order valence-corrected chi connectivity index (χ4v) is 3.18. The quantitative estimate of drug-likeness (QED) is 0.794. The summed E-state index contributed by atoms with van der Waals surface area (Å²) in [5.41, 5.74) is 2.35. The molecule has 1 aromatic carbocycles. The van der Waals surface area contributed by atoms with Crippen LogP contribution in [-0.2, 0) is 17.6 Å². The number of hydrogen-bond donors (Lipinski definition) is 1. The molecular weight excluding hydrogens is 262 g/mol. The molecule has 0 amide bonds. The molecule has 6 heteroatoms. The third-order valence-electron chi connectivity index (χ3n) is 3.14. The molecule has 0 fully saturated rings. The lowest BCUT2D eigenvalue weighted by Crippen LogP contribution is -2.01. The molecule has 1 N–H and O–H groups in total. The average Bonchev–Trinajstić information content (AvgIpc) is 2.94. The highest BCUT2D eigenvalue weighted by Gasteiger charge is 2.13. The molecule has 2 aromatic heterocycles. The van der Waals surface area contributed by atoms with E-state index in [4.69, 9.17) is 5.11 Å². The monoisotopic (exact) mass is 275 g/mol. The lowest BCUT2D eigenvalue weighted by Gasteiger charge is -1.99. The van der Waals surface area contributed by atoms with E-state index in [1.807, 2.05) is 4.40 Å². The van der Waals surface area contributed by atoms with Crippen LogP contribution < -0.4 is 0 Å². The molecule has 19 heavy (non-hydrogen) atoms. The fraction of sp³-hybridized carbons (Fsp3) is 0.308. The number of rotatable bonds is 4. The van der Waals surface area contributed by atoms with Gasteiger partial charge in [0.15, 0.2) is 0 Å². The molecule has 0 saturated heterocycles. The molecule has 0 bridgehead atoms. The van der Waals surface area contributed by atoms with Crippen LogP contribution in [0.5, 0.6) is 0 Å². The predicted molar refractivity (Wildman–Crippen MR) is 73.7 cm³/mol. The first kappa shape index (κ1) is 12.1. The van der Waals surface area contributed by atoms with Crippen LogP contribution in [0, 0.1) is 0 Å². The molecule has 3 aromatic rings. The summed E-state index contributed by atoms with van der Waals surface area (Å²) in [6, 6.07) is 6.32. The van der Waals surface area contributed by atoms with Gasteiger partial charge in [0.25, 0.3) is 0 Å². The average molecular weight is 275 g/mol. The second-order valence-corrected chi connectivity index (χ2v) is 5.39. The van der Waals surface area contributed by atoms with Crippen molar-refractivity contribution in [1.82, 2.24) is 14.6 Å². The van der Waals surface area contributed by atoms with Crippen molar-refractivity contribution >= 4 is 32.5 Å². The first-order valence-corrected chi connectivity index (χ1v) is 6.98. The Balaban J connectivity index is 2.12. The highest BCUT2D eigenvalue weighted by atomic mass is 32.1. The van der Waals surface area contributed by atoms with Crippen LogP contribution in [0.25, 0.3) is 15.2 Å². The van der Waals surface area contributed by atoms with Gasteiger partial charge in [-0.3, -0.25) is 9.20 Å². The molecule has 0 aliphatic carbocycles. The normalized spacial score (nSPS) is 11.4. The predicted octanol–water partition coefficient (Wildman–Crippen LogP) is 2.52. The Morgan fingerprint density at radius 2 is 2.26 bits per heavy atom. The Labute approximate surface area is 113 Å². The van der Waals surface area contributed by atoms with Gasteiger partial charge in [-0.2, -0.15) is 0 Å². The maximum absolute atomic E-state index is 10.7. The second kappa shape index (κ2) is 4.62. The maximum atomic E-state index is 10.7. The van der Waals surface area contributed by atoms with Gasteiger partial charge in [-0.25, -0.2) is 0 Å². The van der Waals surface area contributed by atoms with Gasteiger partial charge in [0, 0.05) is 6.42 Å². The minimum atomic E-state index is -0.815. The summed E-state index contributed by atoms with van der Waals surface area (Å²) in [5.74, 6) is -0.0996. The van der Waals surface area contributed by atoms with Gasteiger partial charge in [-0.05, 0) is 24.1 Å². The number of carboxylic acids is 1. The van der Waals surface area contributed by atoms with E-state index in [1.54, 1.807) is 11.3 Å². The zero-order valence-electron chi connectivity index (χ0n) is 10.5. The van der Waals surface area contributed by atoms with E-state index in [9.17, 15) is 4.79 Å². The molecule has 0 atom stereocenters. The number of thiazole rings is 1. The highest BCUT2D eigenvalue weighted by molar-refractivity contribution is 7.23. The van der Waals surface area contributed by atoms with E-state index in [1.165, 1.54) is 10.3 Å². The number of carbonyl (C=O) groups is 1. The van der Waals surface area contributed by atoms with Crippen LogP contribution in [0.4, 0.5) is 0 Å². The van der Waals surface area contributed by atoms with Gasteiger partial charge in [0.2, 0.25) is 4.96 Å². The van der Waals surface area contributed by atoms with Gasteiger partial charge < -0.3 is 5.11 Å². The van der Waals surface area contributed by atoms with Crippen molar-refractivity contribution in [3.8, 4) is 0 Å². The molecule has 0 spiro atoms. The Morgan fingerprint density at radius 3 is 3.00 bits per heavy atom. The minimum absolute atomic E-state index is 0.0746. The first-order valence-electron chi connectivity index (χ1n) is 6.16. The van der Waals surface area contributed by atoms with Gasteiger partial charge in [-0.15, -0.1) is 10.2 Å². The Bertz CT molecular complexity index is 760. The first-order chi connectivity index (χ1) is 9.19. The van der Waals surface area contributed by atoms with E-state index in [0.717, 1.165) is 16.9 Å². The van der Waals surface area contributed by atoms with Crippen LogP contribution in [0.2, 0.25) is 0 Å². The number of benzene rings is 1. The van der Waals surface area contributed by atoms with Crippen LogP contribution in [-0.4, -0.2) is 25.7 Å². The third-order valence-corrected chi connectivity index (χ3v) is 4.13. The van der Waals surface area contributed by atoms with Crippen LogP contribution in [0.15, 0.2) is 18.2 Å². The Kier molecular flexibility index (Phi) is 2.94. The number of aryl methyl sites for hydroxylation is 2. The standard InChI is InChI=1S/C13H13N3O2S/c1-2-8-3-4-9-10(7-8)19-13-15-14-11(16(9)13)5-6-12(17)18/h3-4,7H,2,5-6H2,1H3,(H,17,18). The van der Waals surface area contributed by atoms with Crippen molar-refractivity contribution < 1.29 is 9.90 Å². The van der Waals surface area contributed by atoms with Crippen molar-refractivity contribution in [2.24, 2.45) is 0 Å². The minimum Gasteiger partial charge on any atom is -0.481 e. The van der Waals surface area contributed by atoms with E-state index in [-0.39, 0.29) is 6.42 Å². The van der Waals surface area contributed by atoms with Gasteiger partial charge in [0.1, 0.15) is 5.82 Å². The number of aromatic nitrogens is 3. The number of nitrogens with zero attached hydrogens (tertiary/aromatic N) is 3. The topological polar surface area (TPSA) is 67.5 Å². The molecule has 0 aliphatic rings. The van der Waals surface area contributed by atoms with Crippen LogP contribution >= 0.6 is 11.3 Å². The van der Waals surface area contributed by atoms with Crippen molar-refractivity contribution in [1.29, 1.82) is 0 Å². The maximum Gasteiger partial charge on any atom is 0.303 e. The molecule has 0 radical (unpaired) electrons. The Hall–Kier alpha value is -1.95. The number of fused-ring (bicyclic) bond motifs is 3. The summed E-state index contributed by atoms with van der Waals surface area (Å²) >= 11 is 1.59. The second-order valence-electron chi connectivity index (χ2n) is 4.39. The Morgan fingerprint density at radius 1 is 1.42 bits per heavy atom. The van der Waals surface area contributed by atoms with E-state index in [0.29, 0.717) is 12.2 Å². The smallest absolute Gasteiger partial charge is 0.303 e. The summed E-state index contributed by atoms with van der Waals surface area (Å²) < 4.78 is 3.13. The molecule has 5 nitrogen and oxygen atoms in total. The van der Waals surface area contributed by atoms with E-state index in [2.05, 4.69) is 35.3 Å². The van der Waals surface area contributed by atoms with Crippen molar-refractivity contribution in [3.63, 3.8) is 0 Å². The lowest BCUT2D eigenvalue weighted by atomic mass is 10.2. The number of hydrogen-bond acceptors (Lipinski definition) is 4. The summed E-state index contributed by atoms with van der Waals surface area (Å²) in [5, 5.41) is 17.0. The number of carboxylic acid groups (broad SMARTS) is 1. The molecule has 0 unspecified atom stereocenters. The van der Waals surface area contributed by atoms with Crippen molar-refractivity contribution in [2.75, 3.05) is 0 Å². The van der Waals surface area contributed by atoms with Gasteiger partial charge in [0.05, 0.1) is 16.6 Å². The van der Waals surface area contributed by atoms with E-state index < -0.39 is 5.97 Å². The molecular formula is C13H13N3O2S. The van der Waals surface area contributed by atoms with E-state index >= 15 is 0 Å².